The number of amides is 2. The van der Waals surface area contributed by atoms with Gasteiger partial charge in [0.15, 0.2) is 0 Å². The van der Waals surface area contributed by atoms with Gasteiger partial charge >= 0.3 is 0 Å². The summed E-state index contributed by atoms with van der Waals surface area (Å²) in [5.74, 6) is -0.618. The van der Waals surface area contributed by atoms with E-state index >= 15 is 0 Å². The number of carbonyl (C=O) groups excluding carboxylic acids is 2. The van der Waals surface area contributed by atoms with Gasteiger partial charge in [0.1, 0.15) is 5.82 Å². The van der Waals surface area contributed by atoms with E-state index in [1.54, 1.807) is 6.92 Å². The number of benzene rings is 2. The monoisotopic (exact) mass is 469 g/mol. The van der Waals surface area contributed by atoms with Crippen molar-refractivity contribution in [2.24, 2.45) is 0 Å². The molecule has 1 aromatic heterocycles. The Kier molecular flexibility index (Phi) is 7.12. The third-order valence-electron chi connectivity index (χ3n) is 5.27. The van der Waals surface area contributed by atoms with Crippen LogP contribution in [0.15, 0.2) is 60.0 Å². The summed E-state index contributed by atoms with van der Waals surface area (Å²) in [6.07, 6.45) is 1.06. The maximum Gasteiger partial charge on any atom is 0.237 e. The van der Waals surface area contributed by atoms with Gasteiger partial charge in [0, 0.05) is 35.0 Å². The zero-order chi connectivity index (χ0) is 22.5. The van der Waals surface area contributed by atoms with Gasteiger partial charge in [-0.1, -0.05) is 0 Å². The van der Waals surface area contributed by atoms with Crippen LogP contribution in [-0.2, 0) is 22.6 Å². The number of thiophene rings is 1. The summed E-state index contributed by atoms with van der Waals surface area (Å²) in [6, 6.07) is 15.6. The second kappa shape index (κ2) is 10.2. The van der Waals surface area contributed by atoms with Crippen LogP contribution in [0, 0.1) is 5.82 Å². The van der Waals surface area contributed by atoms with Crippen molar-refractivity contribution in [2.75, 3.05) is 27.8 Å². The van der Waals surface area contributed by atoms with Gasteiger partial charge < -0.3 is 15.5 Å². The van der Waals surface area contributed by atoms with E-state index in [4.69, 9.17) is 0 Å². The van der Waals surface area contributed by atoms with Crippen LogP contribution in [0.2, 0.25) is 0 Å². The van der Waals surface area contributed by atoms with Crippen molar-refractivity contribution < 1.29 is 14.0 Å². The van der Waals surface area contributed by atoms with Gasteiger partial charge in [-0.15, -0.1) is 23.1 Å². The molecule has 0 bridgehead atoms. The minimum absolute atomic E-state index is 0.129. The molecular weight excluding hydrogens is 445 g/mol. The minimum atomic E-state index is -0.396. The summed E-state index contributed by atoms with van der Waals surface area (Å²) in [4.78, 5) is 28.4. The van der Waals surface area contributed by atoms with Gasteiger partial charge in [0.25, 0.3) is 0 Å². The van der Waals surface area contributed by atoms with Gasteiger partial charge in [-0.25, -0.2) is 4.39 Å². The van der Waals surface area contributed by atoms with Crippen molar-refractivity contribution in [3.63, 3.8) is 0 Å². The Morgan fingerprint density at radius 3 is 2.50 bits per heavy atom. The van der Waals surface area contributed by atoms with Crippen LogP contribution >= 0.6 is 23.1 Å². The molecule has 0 spiro atoms. The smallest absolute Gasteiger partial charge is 0.237 e. The highest BCUT2D eigenvalue weighted by Gasteiger charge is 2.18. The van der Waals surface area contributed by atoms with Crippen molar-refractivity contribution in [1.82, 2.24) is 0 Å². The number of nitrogens with zero attached hydrogens (tertiary/aromatic N) is 1. The Bertz CT molecular complexity index is 1080. The molecule has 4 rings (SSSR count). The van der Waals surface area contributed by atoms with Crippen molar-refractivity contribution in [3.8, 4) is 0 Å². The lowest BCUT2D eigenvalue weighted by atomic mass is 10.1. The van der Waals surface area contributed by atoms with Crippen LogP contribution in [0.4, 0.5) is 21.5 Å². The molecule has 166 valence electrons. The van der Waals surface area contributed by atoms with Crippen molar-refractivity contribution in [3.05, 3.63) is 76.2 Å². The van der Waals surface area contributed by atoms with Gasteiger partial charge in [-0.2, -0.15) is 0 Å². The Morgan fingerprint density at radius 1 is 1.06 bits per heavy atom. The normalized spacial score (nSPS) is 13.9. The summed E-state index contributed by atoms with van der Waals surface area (Å²) in [5.41, 5.74) is 3.79. The number of thioether (sulfide) groups is 1. The Balaban J connectivity index is 1.24. The number of carbonyl (C=O) groups is 2. The molecule has 1 atom stereocenters. The first-order valence-electron chi connectivity index (χ1n) is 10.4. The Morgan fingerprint density at radius 2 is 1.75 bits per heavy atom. The molecule has 0 saturated heterocycles. The number of anilines is 3. The van der Waals surface area contributed by atoms with Gasteiger partial charge in [0.2, 0.25) is 11.8 Å². The fourth-order valence-corrected chi connectivity index (χ4v) is 5.05. The summed E-state index contributed by atoms with van der Waals surface area (Å²) in [7, 11) is 0. The lowest BCUT2D eigenvalue weighted by molar-refractivity contribution is -0.115. The molecule has 0 radical (unpaired) electrons. The molecule has 1 aliphatic rings. The predicted octanol–water partition coefficient (Wildman–Crippen LogP) is 5.15. The Hall–Kier alpha value is -2.84. The average Bonchev–Trinajstić information content (AvgIpc) is 3.27. The standard InChI is InChI=1S/C24H24FN3O2S2/c1-16(32-15-23(29)26-19-4-2-18(25)3-5-19)24(30)27-20-6-8-21(9-7-20)28-12-10-22-17(14-28)11-13-31-22/h2-9,11,13,16H,10,12,14-15H2,1H3,(H,26,29)(H,27,30). The van der Waals surface area contributed by atoms with E-state index in [-0.39, 0.29) is 23.4 Å². The van der Waals surface area contributed by atoms with Crippen molar-refractivity contribution >= 4 is 52.0 Å². The van der Waals surface area contributed by atoms with E-state index in [2.05, 4.69) is 27.0 Å². The lowest BCUT2D eigenvalue weighted by Gasteiger charge is -2.29. The molecular formula is C24H24FN3O2S2. The molecule has 5 nitrogen and oxygen atoms in total. The second-order valence-electron chi connectivity index (χ2n) is 7.58. The molecule has 1 unspecified atom stereocenters. The highest BCUT2D eigenvalue weighted by molar-refractivity contribution is 8.01. The SMILES string of the molecule is CC(SCC(=O)Nc1ccc(F)cc1)C(=O)Nc1ccc(N2CCc3sccc3C2)cc1. The molecule has 2 amide bonds. The van der Waals surface area contributed by atoms with Crippen LogP contribution in [-0.4, -0.2) is 29.4 Å². The number of nitrogens with one attached hydrogen (secondary N) is 2. The molecule has 1 aliphatic heterocycles. The topological polar surface area (TPSA) is 61.4 Å². The molecule has 3 aromatic rings. The van der Waals surface area contributed by atoms with E-state index in [9.17, 15) is 14.0 Å². The van der Waals surface area contributed by atoms with Crippen LogP contribution in [0.5, 0.6) is 0 Å². The lowest BCUT2D eigenvalue weighted by Crippen LogP contribution is -2.29. The number of hydrogen-bond acceptors (Lipinski definition) is 5. The first-order chi connectivity index (χ1) is 15.5. The first kappa shape index (κ1) is 22.4. The van der Waals surface area contributed by atoms with Crippen molar-refractivity contribution in [1.29, 1.82) is 0 Å². The molecule has 2 N–H and O–H groups in total. The number of halogens is 1. The molecule has 0 fully saturated rings. The molecule has 0 saturated carbocycles. The van der Waals surface area contributed by atoms with E-state index in [1.807, 2.05) is 35.6 Å². The molecule has 0 aliphatic carbocycles. The summed E-state index contributed by atoms with van der Waals surface area (Å²) in [6.45, 7) is 3.68. The third-order valence-corrected chi connectivity index (χ3v) is 7.44. The molecule has 2 aromatic carbocycles. The second-order valence-corrected chi connectivity index (χ2v) is 9.91. The van der Waals surface area contributed by atoms with E-state index in [1.165, 1.54) is 46.5 Å². The maximum absolute atomic E-state index is 12.9. The van der Waals surface area contributed by atoms with E-state index in [0.29, 0.717) is 5.69 Å². The quantitative estimate of drug-likeness (QED) is 0.503. The highest BCUT2D eigenvalue weighted by Crippen LogP contribution is 2.28. The van der Waals surface area contributed by atoms with Gasteiger partial charge in [-0.05, 0) is 78.9 Å². The van der Waals surface area contributed by atoms with E-state index in [0.717, 1.165) is 30.9 Å². The van der Waals surface area contributed by atoms with Crippen LogP contribution in [0.25, 0.3) is 0 Å². The van der Waals surface area contributed by atoms with E-state index < -0.39 is 5.25 Å². The summed E-state index contributed by atoms with van der Waals surface area (Å²) < 4.78 is 12.9. The van der Waals surface area contributed by atoms with Crippen LogP contribution < -0.4 is 15.5 Å². The van der Waals surface area contributed by atoms with Crippen molar-refractivity contribution in [2.45, 2.75) is 25.1 Å². The number of fused-ring (bicyclic) bond motifs is 1. The summed E-state index contributed by atoms with van der Waals surface area (Å²) >= 11 is 3.08. The zero-order valence-corrected chi connectivity index (χ0v) is 19.3. The maximum atomic E-state index is 12.9. The van der Waals surface area contributed by atoms with Crippen LogP contribution in [0.3, 0.4) is 0 Å². The zero-order valence-electron chi connectivity index (χ0n) is 17.6. The molecule has 2 heterocycles. The largest absolute Gasteiger partial charge is 0.367 e. The van der Waals surface area contributed by atoms with Crippen LogP contribution in [0.1, 0.15) is 17.4 Å². The minimum Gasteiger partial charge on any atom is -0.367 e. The molecule has 8 heteroatoms. The van der Waals surface area contributed by atoms with Gasteiger partial charge in [-0.3, -0.25) is 9.59 Å². The Labute approximate surface area is 195 Å². The fourth-order valence-electron chi connectivity index (χ4n) is 3.47. The predicted molar refractivity (Wildman–Crippen MR) is 131 cm³/mol. The highest BCUT2D eigenvalue weighted by atomic mass is 32.2. The average molecular weight is 470 g/mol. The first-order valence-corrected chi connectivity index (χ1v) is 12.3. The van der Waals surface area contributed by atoms with Gasteiger partial charge in [0.05, 0.1) is 11.0 Å². The fraction of sp³-hybridized carbons (Fsp3) is 0.250. The third kappa shape index (κ3) is 5.69. The molecule has 32 heavy (non-hydrogen) atoms. The summed E-state index contributed by atoms with van der Waals surface area (Å²) in [5, 5.41) is 7.36. The number of hydrogen-bond donors (Lipinski definition) is 2. The number of rotatable bonds is 7.